The lowest BCUT2D eigenvalue weighted by Crippen LogP contribution is -2.64. The third kappa shape index (κ3) is 9.45. The maximum Gasteiger partial charge on any atom is 0.408 e. The van der Waals surface area contributed by atoms with Crippen LogP contribution < -0.4 is 21.8 Å². The molecule has 0 aromatic heterocycles. The summed E-state index contributed by atoms with van der Waals surface area (Å²) in [6.07, 6.45) is 0.552. The number of nitrogens with zero attached hydrogens (tertiary/aromatic N) is 3. The van der Waals surface area contributed by atoms with E-state index in [2.05, 4.69) is 15.7 Å². The van der Waals surface area contributed by atoms with Gasteiger partial charge in [-0.3, -0.25) is 24.2 Å². The lowest BCUT2D eigenvalue weighted by molar-refractivity contribution is -0.176. The zero-order chi connectivity index (χ0) is 30.9. The van der Waals surface area contributed by atoms with Gasteiger partial charge < -0.3 is 25.8 Å². The van der Waals surface area contributed by atoms with Gasteiger partial charge in [-0.05, 0) is 45.6 Å². The minimum Gasteiger partial charge on any atom is -0.460 e. The minimum atomic E-state index is -1.13. The first kappa shape index (κ1) is 31.8. The van der Waals surface area contributed by atoms with Crippen LogP contribution in [0.5, 0.6) is 0 Å². The number of rotatable bonds is 9. The van der Waals surface area contributed by atoms with Gasteiger partial charge in [0.2, 0.25) is 11.8 Å². The number of carbonyl (C=O) groups is 6. The smallest absolute Gasteiger partial charge is 0.408 e. The van der Waals surface area contributed by atoms with E-state index >= 15 is 0 Å². The normalized spacial score (nSPS) is 19.8. The van der Waals surface area contributed by atoms with Crippen LogP contribution in [0.25, 0.3) is 0 Å². The molecule has 1 aromatic carbocycles. The molecule has 42 heavy (non-hydrogen) atoms. The highest BCUT2D eigenvalue weighted by atomic mass is 16.6. The SMILES string of the molecule is CC(C)(C)OC(=O)C[C@@H](/C=N/NC(N)=O)NC(=O)[C@@H]1CCCN2C(=O)CC[C@H](NC(=O)OCc3ccccc3)C(=O)N12. The van der Waals surface area contributed by atoms with Crippen LogP contribution in [0.1, 0.15) is 58.4 Å². The Morgan fingerprint density at radius 2 is 1.86 bits per heavy atom. The zero-order valence-electron chi connectivity index (χ0n) is 23.8. The predicted octanol–water partition coefficient (Wildman–Crippen LogP) is 0.681. The lowest BCUT2D eigenvalue weighted by atomic mass is 10.0. The summed E-state index contributed by atoms with van der Waals surface area (Å²) in [5, 5.41) is 11.1. The molecular formula is C27H37N7O8. The number of urea groups is 1. The van der Waals surface area contributed by atoms with Gasteiger partial charge in [-0.25, -0.2) is 20.0 Å². The molecule has 0 aliphatic carbocycles. The summed E-state index contributed by atoms with van der Waals surface area (Å²) >= 11 is 0. The molecule has 2 aliphatic rings. The predicted molar refractivity (Wildman–Crippen MR) is 148 cm³/mol. The number of nitrogens with two attached hydrogens (primary N) is 1. The molecule has 3 atom stereocenters. The van der Waals surface area contributed by atoms with E-state index in [1.165, 1.54) is 5.01 Å². The Hall–Kier alpha value is -4.69. The topological polar surface area (TPSA) is 202 Å². The molecule has 2 heterocycles. The van der Waals surface area contributed by atoms with E-state index < -0.39 is 53.6 Å². The van der Waals surface area contributed by atoms with E-state index in [-0.39, 0.29) is 44.7 Å². The summed E-state index contributed by atoms with van der Waals surface area (Å²) in [5.41, 5.74) is 6.99. The Morgan fingerprint density at radius 3 is 2.52 bits per heavy atom. The second-order valence-electron chi connectivity index (χ2n) is 10.8. The van der Waals surface area contributed by atoms with Crippen LogP contribution >= 0.6 is 0 Å². The van der Waals surface area contributed by atoms with Gasteiger partial charge in [-0.15, -0.1) is 0 Å². The van der Waals surface area contributed by atoms with Crippen LogP contribution in [-0.2, 0) is 35.3 Å². The van der Waals surface area contributed by atoms with Gasteiger partial charge in [0.15, 0.2) is 0 Å². The van der Waals surface area contributed by atoms with E-state index in [0.717, 1.165) is 16.8 Å². The number of ether oxygens (including phenoxy) is 2. The lowest BCUT2D eigenvalue weighted by Gasteiger charge is -2.43. The zero-order valence-corrected chi connectivity index (χ0v) is 23.8. The molecule has 15 nitrogen and oxygen atoms in total. The Bertz CT molecular complexity index is 1200. The fraction of sp³-hybridized carbons (Fsp3) is 0.519. The Labute approximate surface area is 243 Å². The molecule has 0 radical (unpaired) electrons. The number of esters is 1. The average Bonchev–Trinajstić information content (AvgIpc) is 3.03. The van der Waals surface area contributed by atoms with Crippen molar-refractivity contribution in [1.29, 1.82) is 0 Å². The number of benzene rings is 1. The largest absolute Gasteiger partial charge is 0.460 e. The highest BCUT2D eigenvalue weighted by molar-refractivity contribution is 5.95. The molecule has 15 heteroatoms. The number of fused-ring (bicyclic) bond motifs is 1. The number of primary amides is 1. The van der Waals surface area contributed by atoms with E-state index in [0.29, 0.717) is 6.42 Å². The molecular weight excluding hydrogens is 550 g/mol. The van der Waals surface area contributed by atoms with Crippen molar-refractivity contribution in [1.82, 2.24) is 26.1 Å². The number of hydrogen-bond acceptors (Lipinski definition) is 9. The molecule has 0 bridgehead atoms. The van der Waals surface area contributed by atoms with Gasteiger partial charge in [-0.1, -0.05) is 30.3 Å². The van der Waals surface area contributed by atoms with Gasteiger partial charge in [0.25, 0.3) is 5.91 Å². The third-order valence-electron chi connectivity index (χ3n) is 6.23. The molecule has 0 saturated carbocycles. The molecule has 228 valence electrons. The molecule has 3 rings (SSSR count). The first-order chi connectivity index (χ1) is 19.8. The van der Waals surface area contributed by atoms with Gasteiger partial charge in [-0.2, -0.15) is 5.10 Å². The standard InChI is InChI=1S/C27H37N7O8/c1-27(2,3)42-22(36)14-18(15-29-32-25(28)39)30-23(37)20-10-7-13-33-21(35)12-11-19(24(38)34(20)33)31-26(40)41-16-17-8-5-4-6-9-17/h4-6,8-9,15,18-20H,7,10-14,16H2,1-3H3,(H,30,37)(H,31,40)(H3,28,32,39)/b29-15+/t18-,19-,20-/m0/s1. The fourth-order valence-electron chi connectivity index (χ4n) is 4.49. The fourth-order valence-corrected chi connectivity index (χ4v) is 4.49. The van der Waals surface area contributed by atoms with Crippen molar-refractivity contribution < 1.29 is 38.2 Å². The van der Waals surface area contributed by atoms with Crippen LogP contribution in [0.4, 0.5) is 9.59 Å². The number of nitrogens with one attached hydrogen (secondary N) is 3. The average molecular weight is 588 g/mol. The van der Waals surface area contributed by atoms with Crippen LogP contribution in [0, 0.1) is 0 Å². The minimum absolute atomic E-state index is 0.0153. The number of alkyl carbamates (subject to hydrolysis) is 1. The molecule has 0 unspecified atom stereocenters. The molecule has 5 N–H and O–H groups in total. The second kappa shape index (κ2) is 14.3. The highest BCUT2D eigenvalue weighted by Crippen LogP contribution is 2.25. The van der Waals surface area contributed by atoms with Crippen LogP contribution in [0.15, 0.2) is 35.4 Å². The van der Waals surface area contributed by atoms with Crippen molar-refractivity contribution in [2.75, 3.05) is 6.54 Å². The molecule has 1 aromatic rings. The van der Waals surface area contributed by atoms with E-state index in [1.54, 1.807) is 45.0 Å². The van der Waals surface area contributed by atoms with Crippen LogP contribution in [0.2, 0.25) is 0 Å². The Kier molecular flexibility index (Phi) is 10.8. The summed E-state index contributed by atoms with van der Waals surface area (Å²) in [6.45, 7) is 5.24. The van der Waals surface area contributed by atoms with Gasteiger partial charge in [0.05, 0.1) is 12.5 Å². The number of hydrazone groups is 1. The Balaban J connectivity index is 1.74. The van der Waals surface area contributed by atoms with Crippen molar-refractivity contribution in [2.45, 2.75) is 83.2 Å². The first-order valence-corrected chi connectivity index (χ1v) is 13.6. The summed E-state index contributed by atoms with van der Waals surface area (Å²) < 4.78 is 10.6. The number of hydrazine groups is 1. The van der Waals surface area contributed by atoms with Crippen molar-refractivity contribution in [3.63, 3.8) is 0 Å². The van der Waals surface area contributed by atoms with E-state index in [9.17, 15) is 28.8 Å². The maximum absolute atomic E-state index is 13.6. The number of carbonyl (C=O) groups excluding carboxylic acids is 6. The molecule has 0 spiro atoms. The monoisotopic (exact) mass is 587 g/mol. The van der Waals surface area contributed by atoms with Crippen molar-refractivity contribution in [2.24, 2.45) is 10.8 Å². The first-order valence-electron chi connectivity index (χ1n) is 13.6. The Morgan fingerprint density at radius 1 is 1.14 bits per heavy atom. The van der Waals surface area contributed by atoms with Crippen LogP contribution in [0.3, 0.4) is 0 Å². The molecule has 2 fully saturated rings. The van der Waals surface area contributed by atoms with Gasteiger partial charge in [0, 0.05) is 19.2 Å². The van der Waals surface area contributed by atoms with Crippen LogP contribution in [-0.4, -0.2) is 82.3 Å². The van der Waals surface area contributed by atoms with Crippen molar-refractivity contribution >= 4 is 42.0 Å². The summed E-state index contributed by atoms with van der Waals surface area (Å²) in [5.74, 6) is -2.35. The maximum atomic E-state index is 13.6. The third-order valence-corrected chi connectivity index (χ3v) is 6.23. The molecule has 6 amide bonds. The summed E-state index contributed by atoms with van der Waals surface area (Å²) in [7, 11) is 0. The quantitative estimate of drug-likeness (QED) is 0.183. The van der Waals surface area contributed by atoms with Crippen molar-refractivity contribution in [3.05, 3.63) is 35.9 Å². The van der Waals surface area contributed by atoms with Gasteiger partial charge in [0.1, 0.15) is 24.3 Å². The van der Waals surface area contributed by atoms with Gasteiger partial charge >= 0.3 is 18.1 Å². The second-order valence-corrected chi connectivity index (χ2v) is 10.8. The van der Waals surface area contributed by atoms with E-state index in [1.807, 2.05) is 11.5 Å². The van der Waals surface area contributed by atoms with Crippen molar-refractivity contribution in [3.8, 4) is 0 Å². The molecule has 2 aliphatic heterocycles. The molecule has 2 saturated heterocycles. The number of amides is 6. The number of hydrogen-bond donors (Lipinski definition) is 4. The summed E-state index contributed by atoms with van der Waals surface area (Å²) in [6, 6.07) is 4.74. The summed E-state index contributed by atoms with van der Waals surface area (Å²) in [4.78, 5) is 76.1. The highest BCUT2D eigenvalue weighted by Gasteiger charge is 2.45. The van der Waals surface area contributed by atoms with E-state index in [4.69, 9.17) is 15.2 Å².